The molecule has 88 valence electrons. The van der Waals surface area contributed by atoms with Crippen molar-refractivity contribution in [2.45, 2.75) is 31.9 Å². The summed E-state index contributed by atoms with van der Waals surface area (Å²) >= 11 is 1.85. The fourth-order valence-electron chi connectivity index (χ4n) is 1.42. The first-order valence-corrected chi connectivity index (χ1v) is 6.63. The van der Waals surface area contributed by atoms with Crippen LogP contribution in [-0.2, 0) is 11.2 Å². The summed E-state index contributed by atoms with van der Waals surface area (Å²) in [4.78, 5) is 11.0. The molecular formula is C14H20OS. The van der Waals surface area contributed by atoms with Gasteiger partial charge in [0.1, 0.15) is 6.29 Å². The van der Waals surface area contributed by atoms with Crippen molar-refractivity contribution in [3.8, 4) is 0 Å². The lowest BCUT2D eigenvalue weighted by molar-refractivity contribution is -0.110. The van der Waals surface area contributed by atoms with Crippen LogP contribution < -0.4 is 0 Å². The molecule has 0 bridgehead atoms. The first-order chi connectivity index (χ1) is 7.51. The molecule has 1 rings (SSSR count). The van der Waals surface area contributed by atoms with E-state index < -0.39 is 0 Å². The van der Waals surface area contributed by atoms with Gasteiger partial charge in [-0.2, -0.15) is 11.8 Å². The Hall–Kier alpha value is -0.760. The molecule has 1 atom stereocenters. The zero-order valence-corrected chi connectivity index (χ0v) is 11.1. The molecule has 0 saturated carbocycles. The van der Waals surface area contributed by atoms with Crippen LogP contribution in [0.15, 0.2) is 30.3 Å². The fraction of sp³-hybridized carbons (Fsp3) is 0.500. The molecule has 0 fully saturated rings. The van der Waals surface area contributed by atoms with Crippen molar-refractivity contribution in [2.75, 3.05) is 5.75 Å². The number of benzene rings is 1. The van der Waals surface area contributed by atoms with Gasteiger partial charge < -0.3 is 4.79 Å². The van der Waals surface area contributed by atoms with E-state index in [1.54, 1.807) is 0 Å². The standard InChI is InChI=1S/C14H20OS/c1-14(2,3)16-11-13(10-15)9-12-7-5-4-6-8-12/h4-8,10,13H,9,11H2,1-3H3. The van der Waals surface area contributed by atoms with E-state index in [4.69, 9.17) is 0 Å². The van der Waals surface area contributed by atoms with Crippen LogP contribution in [0.25, 0.3) is 0 Å². The predicted molar refractivity (Wildman–Crippen MR) is 71.9 cm³/mol. The Morgan fingerprint density at radius 3 is 2.38 bits per heavy atom. The molecule has 1 nitrogen and oxygen atoms in total. The summed E-state index contributed by atoms with van der Waals surface area (Å²) in [7, 11) is 0. The lowest BCUT2D eigenvalue weighted by Crippen LogP contribution is -2.15. The molecule has 0 aliphatic heterocycles. The molecule has 16 heavy (non-hydrogen) atoms. The number of hydrogen-bond acceptors (Lipinski definition) is 2. The number of hydrogen-bond donors (Lipinski definition) is 0. The molecule has 0 N–H and O–H groups in total. The highest BCUT2D eigenvalue weighted by molar-refractivity contribution is 8.00. The highest BCUT2D eigenvalue weighted by Crippen LogP contribution is 2.26. The molecule has 0 amide bonds. The van der Waals surface area contributed by atoms with Crippen molar-refractivity contribution >= 4 is 18.0 Å². The van der Waals surface area contributed by atoms with Crippen molar-refractivity contribution in [1.82, 2.24) is 0 Å². The summed E-state index contributed by atoms with van der Waals surface area (Å²) in [5.41, 5.74) is 1.24. The molecule has 0 spiro atoms. The quantitative estimate of drug-likeness (QED) is 0.727. The maximum atomic E-state index is 11.0. The number of thioether (sulfide) groups is 1. The van der Waals surface area contributed by atoms with Crippen LogP contribution in [0, 0.1) is 5.92 Å². The normalized spacial score (nSPS) is 13.4. The molecule has 2 heteroatoms. The largest absolute Gasteiger partial charge is 0.303 e. The van der Waals surface area contributed by atoms with Crippen LogP contribution in [0.5, 0.6) is 0 Å². The first-order valence-electron chi connectivity index (χ1n) is 5.64. The highest BCUT2D eigenvalue weighted by Gasteiger charge is 2.15. The monoisotopic (exact) mass is 236 g/mol. The van der Waals surface area contributed by atoms with E-state index in [9.17, 15) is 4.79 Å². The van der Waals surface area contributed by atoms with Crippen molar-refractivity contribution in [2.24, 2.45) is 5.92 Å². The second-order valence-corrected chi connectivity index (χ2v) is 6.86. The Bertz CT molecular complexity index is 313. The van der Waals surface area contributed by atoms with Gasteiger partial charge in [0.15, 0.2) is 0 Å². The van der Waals surface area contributed by atoms with E-state index in [1.807, 2.05) is 30.0 Å². The summed E-state index contributed by atoms with van der Waals surface area (Å²) in [6, 6.07) is 10.2. The minimum absolute atomic E-state index is 0.131. The van der Waals surface area contributed by atoms with Crippen LogP contribution in [-0.4, -0.2) is 16.8 Å². The van der Waals surface area contributed by atoms with Crippen molar-refractivity contribution in [3.05, 3.63) is 35.9 Å². The van der Waals surface area contributed by atoms with Gasteiger partial charge in [-0.25, -0.2) is 0 Å². The zero-order chi connectivity index (χ0) is 12.0. The average Bonchev–Trinajstić information content (AvgIpc) is 2.24. The third-order valence-electron chi connectivity index (χ3n) is 2.26. The topological polar surface area (TPSA) is 17.1 Å². The van der Waals surface area contributed by atoms with Gasteiger partial charge in [-0.15, -0.1) is 0 Å². The molecule has 0 aliphatic rings. The molecular weight excluding hydrogens is 216 g/mol. The average molecular weight is 236 g/mol. The molecule has 0 heterocycles. The second kappa shape index (κ2) is 6.09. The molecule has 1 aromatic rings. The third-order valence-corrected chi connectivity index (χ3v) is 3.72. The predicted octanol–water partition coefficient (Wildman–Crippen LogP) is 3.58. The minimum atomic E-state index is 0.131. The highest BCUT2D eigenvalue weighted by atomic mass is 32.2. The third kappa shape index (κ3) is 5.36. The van der Waals surface area contributed by atoms with E-state index in [1.165, 1.54) is 5.56 Å². The smallest absolute Gasteiger partial charge is 0.124 e. The molecule has 1 unspecified atom stereocenters. The zero-order valence-electron chi connectivity index (χ0n) is 10.3. The van der Waals surface area contributed by atoms with Gasteiger partial charge in [-0.3, -0.25) is 0 Å². The Labute approximate surface area is 103 Å². The Balaban J connectivity index is 2.47. The lowest BCUT2D eigenvalue weighted by Gasteiger charge is -2.20. The van der Waals surface area contributed by atoms with Crippen LogP contribution in [0.3, 0.4) is 0 Å². The maximum Gasteiger partial charge on any atom is 0.124 e. The Kier molecular flexibility index (Phi) is 5.07. The molecule has 0 aromatic heterocycles. The summed E-state index contributed by atoms with van der Waals surface area (Å²) in [5, 5.41) is 0. The lowest BCUT2D eigenvalue weighted by atomic mass is 10.0. The van der Waals surface area contributed by atoms with Gasteiger partial charge in [0.2, 0.25) is 0 Å². The fourth-order valence-corrected chi connectivity index (χ4v) is 2.33. The second-order valence-electron chi connectivity index (χ2n) is 5.01. The van der Waals surface area contributed by atoms with Gasteiger partial charge >= 0.3 is 0 Å². The van der Waals surface area contributed by atoms with Crippen LogP contribution in [0.1, 0.15) is 26.3 Å². The maximum absolute atomic E-state index is 11.0. The van der Waals surface area contributed by atoms with Crippen LogP contribution >= 0.6 is 11.8 Å². The van der Waals surface area contributed by atoms with Crippen molar-refractivity contribution in [3.63, 3.8) is 0 Å². The summed E-state index contributed by atoms with van der Waals surface area (Å²) in [5.74, 6) is 1.04. The van der Waals surface area contributed by atoms with Crippen molar-refractivity contribution < 1.29 is 4.79 Å². The van der Waals surface area contributed by atoms with Crippen LogP contribution in [0.2, 0.25) is 0 Å². The molecule has 0 saturated heterocycles. The van der Waals surface area contributed by atoms with Gasteiger partial charge in [0, 0.05) is 16.4 Å². The van der Waals surface area contributed by atoms with Gasteiger partial charge in [0.05, 0.1) is 0 Å². The number of rotatable bonds is 5. The molecule has 1 aromatic carbocycles. The first kappa shape index (κ1) is 13.3. The Morgan fingerprint density at radius 1 is 1.25 bits per heavy atom. The van der Waals surface area contributed by atoms with Gasteiger partial charge in [-0.1, -0.05) is 51.1 Å². The molecule has 0 radical (unpaired) electrons. The summed E-state index contributed by atoms with van der Waals surface area (Å²) in [6.07, 6.45) is 1.94. The van der Waals surface area contributed by atoms with Crippen molar-refractivity contribution in [1.29, 1.82) is 0 Å². The van der Waals surface area contributed by atoms with Gasteiger partial charge in [0.25, 0.3) is 0 Å². The van der Waals surface area contributed by atoms with Crippen LogP contribution in [0.4, 0.5) is 0 Å². The number of carbonyl (C=O) groups excluding carboxylic acids is 1. The van der Waals surface area contributed by atoms with E-state index in [-0.39, 0.29) is 10.7 Å². The van der Waals surface area contributed by atoms with E-state index in [2.05, 4.69) is 32.9 Å². The number of aldehydes is 1. The van der Waals surface area contributed by atoms with E-state index in [0.29, 0.717) is 0 Å². The SMILES string of the molecule is CC(C)(C)SCC(C=O)Cc1ccccc1. The summed E-state index contributed by atoms with van der Waals surface area (Å²) in [6.45, 7) is 6.55. The van der Waals surface area contributed by atoms with E-state index in [0.717, 1.165) is 18.5 Å². The number of carbonyl (C=O) groups is 1. The van der Waals surface area contributed by atoms with E-state index >= 15 is 0 Å². The van der Waals surface area contributed by atoms with Gasteiger partial charge in [-0.05, 0) is 12.0 Å². The summed E-state index contributed by atoms with van der Waals surface area (Å²) < 4.78 is 0.234. The Morgan fingerprint density at radius 2 is 1.88 bits per heavy atom. The molecule has 0 aliphatic carbocycles. The minimum Gasteiger partial charge on any atom is -0.303 e.